The van der Waals surface area contributed by atoms with E-state index >= 15 is 0 Å². The van der Waals surface area contributed by atoms with E-state index in [1.54, 1.807) is 4.90 Å². The standard InChI is InChI=1S/C30H34N4O4/c1-20-7-6-10-25(21(20)2)26-18-33(30(38)31(3)29(26)37)19-28(36)32-14-12-24(13-15-32)34-16-11-22-8-4-5-9-23(22)17-27(34)35/h4-10,18,24H,11-17,19H2,1-3H3. The van der Waals surface area contributed by atoms with Crippen molar-refractivity contribution in [3.05, 3.63) is 91.8 Å². The summed E-state index contributed by atoms with van der Waals surface area (Å²) in [5.41, 5.74) is 4.63. The van der Waals surface area contributed by atoms with Crippen LogP contribution in [0, 0.1) is 13.8 Å². The molecule has 0 radical (unpaired) electrons. The summed E-state index contributed by atoms with van der Waals surface area (Å²) in [7, 11) is 1.45. The Hall–Kier alpha value is -3.94. The van der Waals surface area contributed by atoms with Crippen LogP contribution in [-0.2, 0) is 36.0 Å². The van der Waals surface area contributed by atoms with Crippen molar-refractivity contribution in [3.8, 4) is 11.1 Å². The number of nitrogens with zero attached hydrogens (tertiary/aromatic N) is 4. The van der Waals surface area contributed by atoms with Crippen molar-refractivity contribution in [3.63, 3.8) is 0 Å². The lowest BCUT2D eigenvalue weighted by atomic mass is 9.99. The summed E-state index contributed by atoms with van der Waals surface area (Å²) < 4.78 is 2.40. The number of carbonyl (C=O) groups excluding carboxylic acids is 2. The van der Waals surface area contributed by atoms with Gasteiger partial charge in [0.25, 0.3) is 5.56 Å². The number of carbonyl (C=O) groups is 2. The van der Waals surface area contributed by atoms with E-state index in [4.69, 9.17) is 0 Å². The first-order valence-corrected chi connectivity index (χ1v) is 13.3. The summed E-state index contributed by atoms with van der Waals surface area (Å²) in [6.07, 6.45) is 4.21. The molecule has 3 heterocycles. The number of hydrogen-bond acceptors (Lipinski definition) is 4. The molecule has 0 N–H and O–H groups in total. The molecule has 8 nitrogen and oxygen atoms in total. The molecule has 0 saturated carbocycles. The number of amides is 2. The monoisotopic (exact) mass is 514 g/mol. The molecule has 2 amide bonds. The fourth-order valence-electron chi connectivity index (χ4n) is 5.73. The number of aromatic nitrogens is 2. The molecule has 38 heavy (non-hydrogen) atoms. The van der Waals surface area contributed by atoms with Crippen LogP contribution in [0.2, 0.25) is 0 Å². The van der Waals surface area contributed by atoms with Crippen molar-refractivity contribution in [1.29, 1.82) is 0 Å². The van der Waals surface area contributed by atoms with Crippen molar-refractivity contribution in [2.75, 3.05) is 19.6 Å². The molecular weight excluding hydrogens is 480 g/mol. The Morgan fingerprint density at radius 1 is 0.895 bits per heavy atom. The van der Waals surface area contributed by atoms with Gasteiger partial charge in [-0.3, -0.25) is 23.5 Å². The van der Waals surface area contributed by atoms with Crippen LogP contribution >= 0.6 is 0 Å². The van der Waals surface area contributed by atoms with Gasteiger partial charge in [-0.1, -0.05) is 42.5 Å². The second-order valence-corrected chi connectivity index (χ2v) is 10.5. The normalized spacial score (nSPS) is 16.3. The largest absolute Gasteiger partial charge is 0.341 e. The Bertz CT molecular complexity index is 1510. The first kappa shape index (κ1) is 25.7. The molecule has 0 atom stereocenters. The number of hydrogen-bond donors (Lipinski definition) is 0. The second-order valence-electron chi connectivity index (χ2n) is 10.5. The van der Waals surface area contributed by atoms with E-state index in [0.29, 0.717) is 44.5 Å². The first-order chi connectivity index (χ1) is 18.2. The minimum atomic E-state index is -0.512. The number of aryl methyl sites for hydroxylation is 1. The van der Waals surface area contributed by atoms with E-state index < -0.39 is 5.69 Å². The van der Waals surface area contributed by atoms with Crippen molar-refractivity contribution in [1.82, 2.24) is 18.9 Å². The van der Waals surface area contributed by atoms with Gasteiger partial charge < -0.3 is 9.80 Å². The van der Waals surface area contributed by atoms with Gasteiger partial charge in [-0.15, -0.1) is 0 Å². The maximum atomic E-state index is 13.2. The maximum Gasteiger partial charge on any atom is 0.331 e. The summed E-state index contributed by atoms with van der Waals surface area (Å²) in [6.45, 7) is 5.55. The van der Waals surface area contributed by atoms with Crippen LogP contribution in [0.3, 0.4) is 0 Å². The van der Waals surface area contributed by atoms with Crippen molar-refractivity contribution in [2.24, 2.45) is 7.05 Å². The van der Waals surface area contributed by atoms with E-state index in [0.717, 1.165) is 33.2 Å². The van der Waals surface area contributed by atoms with E-state index in [2.05, 4.69) is 6.07 Å². The highest BCUT2D eigenvalue weighted by molar-refractivity contribution is 5.80. The van der Waals surface area contributed by atoms with Crippen LogP contribution in [0.1, 0.15) is 35.1 Å². The molecule has 2 aliphatic heterocycles. The average molecular weight is 515 g/mol. The topological polar surface area (TPSA) is 84.6 Å². The Kier molecular flexibility index (Phi) is 7.06. The fraction of sp³-hybridized carbons (Fsp3) is 0.400. The van der Waals surface area contributed by atoms with Crippen LogP contribution in [0.4, 0.5) is 0 Å². The molecule has 1 fully saturated rings. The molecular formula is C30H34N4O4. The number of rotatable bonds is 4. The molecule has 8 heteroatoms. The zero-order chi connectivity index (χ0) is 27.0. The van der Waals surface area contributed by atoms with Crippen LogP contribution in [0.5, 0.6) is 0 Å². The molecule has 2 aliphatic rings. The van der Waals surface area contributed by atoms with Crippen LogP contribution in [0.25, 0.3) is 11.1 Å². The third-order valence-corrected chi connectivity index (χ3v) is 8.21. The van der Waals surface area contributed by atoms with Gasteiger partial charge in [0.1, 0.15) is 6.54 Å². The molecule has 198 valence electrons. The van der Waals surface area contributed by atoms with E-state index in [1.807, 2.05) is 55.1 Å². The van der Waals surface area contributed by atoms with Gasteiger partial charge in [0.05, 0.1) is 12.0 Å². The van der Waals surface area contributed by atoms with Crippen LogP contribution in [-0.4, -0.2) is 56.4 Å². The van der Waals surface area contributed by atoms with Gasteiger partial charge in [-0.05, 0) is 60.9 Å². The second kappa shape index (κ2) is 10.4. The van der Waals surface area contributed by atoms with Gasteiger partial charge >= 0.3 is 5.69 Å². The minimum Gasteiger partial charge on any atom is -0.341 e. The highest BCUT2D eigenvalue weighted by Gasteiger charge is 2.31. The van der Waals surface area contributed by atoms with Crippen molar-refractivity contribution < 1.29 is 9.59 Å². The third-order valence-electron chi connectivity index (χ3n) is 8.21. The highest BCUT2D eigenvalue weighted by Crippen LogP contribution is 2.24. The van der Waals surface area contributed by atoms with Crippen LogP contribution < -0.4 is 11.2 Å². The first-order valence-electron chi connectivity index (χ1n) is 13.3. The van der Waals surface area contributed by atoms with Gasteiger partial charge in [0, 0.05) is 38.9 Å². The molecule has 0 bridgehead atoms. The van der Waals surface area contributed by atoms with Gasteiger partial charge in [0.2, 0.25) is 11.8 Å². The molecule has 0 aliphatic carbocycles. The molecule has 1 saturated heterocycles. The summed E-state index contributed by atoms with van der Waals surface area (Å²) in [5, 5.41) is 0. The lowest BCUT2D eigenvalue weighted by Crippen LogP contribution is -2.50. The zero-order valence-electron chi connectivity index (χ0n) is 22.3. The summed E-state index contributed by atoms with van der Waals surface area (Å²) in [4.78, 5) is 55.8. The SMILES string of the molecule is Cc1cccc(-c2cn(CC(=O)N3CCC(N4CCc5ccccc5CC4=O)CC3)c(=O)n(C)c2=O)c1C. The maximum absolute atomic E-state index is 13.2. The van der Waals surface area contributed by atoms with Crippen molar-refractivity contribution in [2.45, 2.75) is 52.1 Å². The van der Waals surface area contributed by atoms with E-state index in [1.165, 1.54) is 23.4 Å². The quantitative estimate of drug-likeness (QED) is 0.536. The predicted molar refractivity (Wildman–Crippen MR) is 146 cm³/mol. The third kappa shape index (κ3) is 4.83. The smallest absolute Gasteiger partial charge is 0.331 e. The van der Waals surface area contributed by atoms with E-state index in [9.17, 15) is 19.2 Å². The minimum absolute atomic E-state index is 0.108. The number of likely N-dealkylation sites (tertiary alicyclic amines) is 1. The Morgan fingerprint density at radius 2 is 1.61 bits per heavy atom. The summed E-state index contributed by atoms with van der Waals surface area (Å²) in [6, 6.07) is 14.0. The molecule has 3 aromatic rings. The fourth-order valence-corrected chi connectivity index (χ4v) is 5.73. The predicted octanol–water partition coefficient (Wildman–Crippen LogP) is 2.45. The lowest BCUT2D eigenvalue weighted by molar-refractivity contribution is -0.136. The summed E-state index contributed by atoms with van der Waals surface area (Å²) in [5.74, 6) is -0.0128. The Morgan fingerprint density at radius 3 is 2.34 bits per heavy atom. The van der Waals surface area contributed by atoms with Gasteiger partial charge in [0.15, 0.2) is 0 Å². The van der Waals surface area contributed by atoms with Gasteiger partial charge in [-0.2, -0.15) is 0 Å². The van der Waals surface area contributed by atoms with Crippen LogP contribution in [0.15, 0.2) is 58.3 Å². The highest BCUT2D eigenvalue weighted by atomic mass is 16.2. The summed E-state index contributed by atoms with van der Waals surface area (Å²) >= 11 is 0. The average Bonchev–Trinajstić information content (AvgIpc) is 3.09. The van der Waals surface area contributed by atoms with Gasteiger partial charge in [-0.25, -0.2) is 4.79 Å². The number of fused-ring (bicyclic) bond motifs is 1. The molecule has 2 aromatic carbocycles. The molecule has 0 unspecified atom stereocenters. The number of piperidine rings is 1. The lowest BCUT2D eigenvalue weighted by Gasteiger charge is -2.38. The molecule has 5 rings (SSSR count). The Labute approximate surface area is 222 Å². The number of benzene rings is 2. The zero-order valence-corrected chi connectivity index (χ0v) is 22.3. The van der Waals surface area contributed by atoms with E-state index in [-0.39, 0.29) is 30.0 Å². The molecule has 0 spiro atoms. The Balaban J connectivity index is 1.28. The molecule has 1 aromatic heterocycles. The van der Waals surface area contributed by atoms with Crippen molar-refractivity contribution >= 4 is 11.8 Å².